The molecule has 1 aromatic carbocycles. The Balaban J connectivity index is 2.46. The van der Waals surface area contributed by atoms with E-state index < -0.39 is 0 Å². The van der Waals surface area contributed by atoms with Crippen LogP contribution in [0, 0.1) is 0 Å². The van der Waals surface area contributed by atoms with Gasteiger partial charge in [0.1, 0.15) is 11.5 Å². The second-order valence-electron chi connectivity index (χ2n) is 6.09. The zero-order valence-electron chi connectivity index (χ0n) is 13.8. The molecule has 21 heavy (non-hydrogen) atoms. The number of phenolic OH excluding ortho intramolecular Hbond substituents is 2. The first kappa shape index (κ1) is 17.9. The minimum atomic E-state index is 0.273. The smallest absolute Gasteiger partial charge is 0.122 e. The van der Waals surface area contributed by atoms with Gasteiger partial charge in [0.05, 0.1) is 0 Å². The Labute approximate surface area is 130 Å². The standard InChI is InChI=1S/C19H32O2/c1-3-5-7-9-10-12-16-14-18(20)17(19(21)15-16)13-11-8-6-4-2/h14-15,20-21H,3-13H2,1-2H3. The van der Waals surface area contributed by atoms with Gasteiger partial charge in [-0.2, -0.15) is 0 Å². The lowest BCUT2D eigenvalue weighted by atomic mass is 9.99. The molecular weight excluding hydrogens is 260 g/mol. The summed E-state index contributed by atoms with van der Waals surface area (Å²) in [6, 6.07) is 3.68. The van der Waals surface area contributed by atoms with Crippen LogP contribution in [0.4, 0.5) is 0 Å². The third-order valence-electron chi connectivity index (χ3n) is 4.11. The van der Waals surface area contributed by atoms with Crippen LogP contribution in [-0.2, 0) is 12.8 Å². The van der Waals surface area contributed by atoms with E-state index in [1.165, 1.54) is 38.5 Å². The second-order valence-corrected chi connectivity index (χ2v) is 6.09. The molecule has 0 unspecified atom stereocenters. The number of phenols is 2. The van der Waals surface area contributed by atoms with E-state index in [4.69, 9.17) is 0 Å². The molecule has 1 aromatic rings. The van der Waals surface area contributed by atoms with Gasteiger partial charge in [0, 0.05) is 5.56 Å². The van der Waals surface area contributed by atoms with Crippen LogP contribution in [0.5, 0.6) is 11.5 Å². The maximum atomic E-state index is 10.1. The minimum absolute atomic E-state index is 0.273. The molecule has 0 aromatic heterocycles. The molecule has 0 aliphatic carbocycles. The number of benzene rings is 1. The Morgan fingerprint density at radius 3 is 1.71 bits per heavy atom. The predicted molar refractivity (Wildman–Crippen MR) is 90.1 cm³/mol. The van der Waals surface area contributed by atoms with Gasteiger partial charge < -0.3 is 10.2 Å². The van der Waals surface area contributed by atoms with Gasteiger partial charge in [0.2, 0.25) is 0 Å². The fourth-order valence-electron chi connectivity index (χ4n) is 2.76. The van der Waals surface area contributed by atoms with Crippen LogP contribution < -0.4 is 0 Å². The predicted octanol–water partition coefficient (Wildman–Crippen LogP) is 5.73. The molecule has 0 fully saturated rings. The van der Waals surface area contributed by atoms with Gasteiger partial charge in [0.15, 0.2) is 0 Å². The zero-order chi connectivity index (χ0) is 15.5. The Kier molecular flexibility index (Phi) is 8.96. The molecule has 0 aliphatic heterocycles. The van der Waals surface area contributed by atoms with Crippen molar-refractivity contribution in [3.63, 3.8) is 0 Å². The van der Waals surface area contributed by atoms with Crippen LogP contribution in [0.25, 0.3) is 0 Å². The third kappa shape index (κ3) is 6.88. The molecule has 2 nitrogen and oxygen atoms in total. The highest BCUT2D eigenvalue weighted by Gasteiger charge is 2.09. The summed E-state index contributed by atoms with van der Waals surface area (Å²) in [5.74, 6) is 0.546. The summed E-state index contributed by atoms with van der Waals surface area (Å²) in [5.41, 5.74) is 1.78. The van der Waals surface area contributed by atoms with E-state index in [1.54, 1.807) is 0 Å². The lowest BCUT2D eigenvalue weighted by Crippen LogP contribution is -1.92. The molecule has 1 rings (SSSR count). The number of aryl methyl sites for hydroxylation is 1. The largest absolute Gasteiger partial charge is 0.508 e. The van der Waals surface area contributed by atoms with Crippen LogP contribution in [0.3, 0.4) is 0 Å². The topological polar surface area (TPSA) is 40.5 Å². The summed E-state index contributed by atoms with van der Waals surface area (Å²) >= 11 is 0. The normalized spacial score (nSPS) is 11.0. The van der Waals surface area contributed by atoms with Crippen molar-refractivity contribution >= 4 is 0 Å². The van der Waals surface area contributed by atoms with Crippen molar-refractivity contribution in [2.75, 3.05) is 0 Å². The Morgan fingerprint density at radius 2 is 1.14 bits per heavy atom. The number of hydrogen-bond donors (Lipinski definition) is 2. The number of rotatable bonds is 11. The summed E-state index contributed by atoms with van der Waals surface area (Å²) < 4.78 is 0. The van der Waals surface area contributed by atoms with Gasteiger partial charge in [-0.3, -0.25) is 0 Å². The van der Waals surface area contributed by atoms with Gasteiger partial charge in [-0.1, -0.05) is 58.8 Å². The molecule has 0 spiro atoms. The second kappa shape index (κ2) is 10.5. The van der Waals surface area contributed by atoms with Gasteiger partial charge in [-0.15, -0.1) is 0 Å². The van der Waals surface area contributed by atoms with Crippen molar-refractivity contribution in [3.8, 4) is 11.5 Å². The number of aromatic hydroxyl groups is 2. The summed E-state index contributed by atoms with van der Waals surface area (Å²) in [6.45, 7) is 4.40. The number of unbranched alkanes of at least 4 members (excludes halogenated alkanes) is 7. The molecule has 0 saturated carbocycles. The molecule has 0 amide bonds. The molecule has 0 aliphatic rings. The average Bonchev–Trinajstić information content (AvgIpc) is 2.45. The number of hydrogen-bond acceptors (Lipinski definition) is 2. The van der Waals surface area contributed by atoms with Gasteiger partial charge in [-0.05, 0) is 43.4 Å². The summed E-state index contributed by atoms with van der Waals surface area (Å²) in [4.78, 5) is 0. The maximum Gasteiger partial charge on any atom is 0.122 e. The molecule has 2 heteroatoms. The molecule has 120 valence electrons. The molecule has 0 radical (unpaired) electrons. The van der Waals surface area contributed by atoms with E-state index in [-0.39, 0.29) is 11.5 Å². The quantitative estimate of drug-likeness (QED) is 0.511. The van der Waals surface area contributed by atoms with E-state index in [2.05, 4.69) is 13.8 Å². The maximum absolute atomic E-state index is 10.1. The molecule has 0 saturated heterocycles. The van der Waals surface area contributed by atoms with Crippen molar-refractivity contribution in [1.82, 2.24) is 0 Å². The van der Waals surface area contributed by atoms with E-state index in [0.29, 0.717) is 0 Å². The van der Waals surface area contributed by atoms with Gasteiger partial charge >= 0.3 is 0 Å². The van der Waals surface area contributed by atoms with Crippen LogP contribution >= 0.6 is 0 Å². The van der Waals surface area contributed by atoms with Crippen LogP contribution in [0.1, 0.15) is 82.8 Å². The first-order valence-electron chi connectivity index (χ1n) is 8.72. The first-order chi connectivity index (χ1) is 10.2. The summed E-state index contributed by atoms with van der Waals surface area (Å²) in [5, 5.41) is 20.2. The van der Waals surface area contributed by atoms with Crippen LogP contribution in [0.15, 0.2) is 12.1 Å². The monoisotopic (exact) mass is 292 g/mol. The Bertz CT molecular complexity index is 376. The molecule has 2 N–H and O–H groups in total. The summed E-state index contributed by atoms with van der Waals surface area (Å²) in [6.07, 6.45) is 12.5. The molecule has 0 atom stereocenters. The van der Waals surface area contributed by atoms with E-state index in [1.807, 2.05) is 12.1 Å². The Morgan fingerprint density at radius 1 is 0.667 bits per heavy atom. The highest BCUT2D eigenvalue weighted by Crippen LogP contribution is 2.31. The van der Waals surface area contributed by atoms with Crippen molar-refractivity contribution < 1.29 is 10.2 Å². The fourth-order valence-corrected chi connectivity index (χ4v) is 2.76. The van der Waals surface area contributed by atoms with Crippen LogP contribution in [-0.4, -0.2) is 10.2 Å². The fraction of sp³-hybridized carbons (Fsp3) is 0.684. The average molecular weight is 292 g/mol. The zero-order valence-corrected chi connectivity index (χ0v) is 13.8. The minimum Gasteiger partial charge on any atom is -0.508 e. The van der Waals surface area contributed by atoms with E-state index in [9.17, 15) is 10.2 Å². The lowest BCUT2D eigenvalue weighted by molar-refractivity contribution is 0.434. The molecule has 0 heterocycles. The van der Waals surface area contributed by atoms with E-state index >= 15 is 0 Å². The first-order valence-corrected chi connectivity index (χ1v) is 8.72. The van der Waals surface area contributed by atoms with Crippen molar-refractivity contribution in [2.45, 2.75) is 84.5 Å². The highest BCUT2D eigenvalue weighted by atomic mass is 16.3. The van der Waals surface area contributed by atoms with Gasteiger partial charge in [-0.25, -0.2) is 0 Å². The lowest BCUT2D eigenvalue weighted by Gasteiger charge is -2.10. The molecular formula is C19H32O2. The van der Waals surface area contributed by atoms with Crippen molar-refractivity contribution in [2.24, 2.45) is 0 Å². The SMILES string of the molecule is CCCCCCCc1cc(O)c(CCCCCC)c(O)c1. The highest BCUT2D eigenvalue weighted by molar-refractivity contribution is 5.46. The van der Waals surface area contributed by atoms with Crippen molar-refractivity contribution in [3.05, 3.63) is 23.3 Å². The van der Waals surface area contributed by atoms with Crippen molar-refractivity contribution in [1.29, 1.82) is 0 Å². The van der Waals surface area contributed by atoms with Gasteiger partial charge in [0.25, 0.3) is 0 Å². The molecule has 0 bridgehead atoms. The summed E-state index contributed by atoms with van der Waals surface area (Å²) in [7, 11) is 0. The third-order valence-corrected chi connectivity index (χ3v) is 4.11. The van der Waals surface area contributed by atoms with E-state index in [0.717, 1.165) is 43.2 Å². The van der Waals surface area contributed by atoms with Crippen LogP contribution in [0.2, 0.25) is 0 Å². The Hall–Kier alpha value is -1.18.